The third-order valence-electron chi connectivity index (χ3n) is 13.2. The molecule has 10 rings (SSSR count). The molecule has 2 nitrogen and oxygen atoms in total. The number of benzene rings is 10. The van der Waals surface area contributed by atoms with Crippen molar-refractivity contribution in [1.82, 2.24) is 0 Å². The van der Waals surface area contributed by atoms with Crippen LogP contribution in [0.25, 0.3) is 56.0 Å². The van der Waals surface area contributed by atoms with Crippen LogP contribution < -0.4 is 9.80 Å². The van der Waals surface area contributed by atoms with E-state index in [9.17, 15) is 0 Å². The molecule has 0 N–H and O–H groups in total. The van der Waals surface area contributed by atoms with Crippen LogP contribution in [-0.2, 0) is 10.8 Å². The fourth-order valence-electron chi connectivity index (χ4n) is 9.12. The predicted molar refractivity (Wildman–Crippen MR) is 294 cm³/mol. The Bertz CT molecular complexity index is 3120. The Morgan fingerprint density at radius 1 is 0.265 bits per heavy atom. The van der Waals surface area contributed by atoms with Gasteiger partial charge in [-0.3, -0.25) is 0 Å². The molecule has 0 spiro atoms. The number of anilines is 6. The number of nitrogens with zero attached hydrogens (tertiary/aromatic N) is 2. The molecular formula is C66H58N2. The van der Waals surface area contributed by atoms with Crippen LogP contribution in [0.2, 0.25) is 0 Å². The van der Waals surface area contributed by atoms with Gasteiger partial charge in [-0.1, -0.05) is 211 Å². The summed E-state index contributed by atoms with van der Waals surface area (Å²) in [6, 6.07) is 84.2. The van der Waals surface area contributed by atoms with Gasteiger partial charge in [-0.25, -0.2) is 0 Å². The van der Waals surface area contributed by atoms with E-state index in [1.807, 2.05) is 0 Å². The number of hydrogen-bond donors (Lipinski definition) is 0. The molecule has 0 fully saturated rings. The van der Waals surface area contributed by atoms with Gasteiger partial charge in [0.2, 0.25) is 0 Å². The molecule has 0 aliphatic heterocycles. The van der Waals surface area contributed by atoms with E-state index in [0.29, 0.717) is 0 Å². The summed E-state index contributed by atoms with van der Waals surface area (Å²) >= 11 is 0. The van der Waals surface area contributed by atoms with Crippen LogP contribution in [0.1, 0.15) is 63.8 Å². The van der Waals surface area contributed by atoms with Crippen LogP contribution in [0.4, 0.5) is 34.1 Å². The van der Waals surface area contributed by atoms with Crippen LogP contribution in [0.3, 0.4) is 0 Å². The fraction of sp³-hybridized carbons (Fsp3) is 0.121. The monoisotopic (exact) mass is 878 g/mol. The lowest BCUT2D eigenvalue weighted by atomic mass is 9.87. The zero-order valence-corrected chi connectivity index (χ0v) is 40.0. The quantitative estimate of drug-likeness (QED) is 0.126. The van der Waals surface area contributed by atoms with Crippen molar-refractivity contribution in [2.24, 2.45) is 0 Å². The van der Waals surface area contributed by atoms with Gasteiger partial charge >= 0.3 is 0 Å². The summed E-state index contributed by atoms with van der Waals surface area (Å²) in [5.74, 6) is 0. The Morgan fingerprint density at radius 3 is 0.838 bits per heavy atom. The Morgan fingerprint density at radius 2 is 0.529 bits per heavy atom. The van der Waals surface area contributed by atoms with Crippen molar-refractivity contribution in [3.8, 4) is 22.3 Å². The molecule has 0 unspecified atom stereocenters. The van der Waals surface area contributed by atoms with Gasteiger partial charge < -0.3 is 9.80 Å². The number of hydrogen-bond acceptors (Lipinski definition) is 2. The predicted octanol–water partition coefficient (Wildman–Crippen LogP) is 19.0. The lowest BCUT2D eigenvalue weighted by molar-refractivity contribution is 0.590. The topological polar surface area (TPSA) is 6.48 Å². The van der Waals surface area contributed by atoms with Crippen molar-refractivity contribution >= 4 is 67.8 Å². The lowest BCUT2D eigenvalue weighted by Gasteiger charge is -2.27. The van der Waals surface area contributed by atoms with E-state index in [4.69, 9.17) is 0 Å². The molecule has 10 aromatic rings. The van der Waals surface area contributed by atoms with E-state index in [1.165, 1.54) is 54.9 Å². The highest BCUT2D eigenvalue weighted by Crippen LogP contribution is 2.40. The van der Waals surface area contributed by atoms with Crippen molar-refractivity contribution in [2.45, 2.75) is 52.4 Å². The third-order valence-corrected chi connectivity index (χ3v) is 13.2. The van der Waals surface area contributed by atoms with Crippen LogP contribution >= 0.6 is 0 Å². The number of rotatable bonds is 10. The Hall–Kier alpha value is -7.94. The molecular weight excluding hydrogens is 821 g/mol. The first kappa shape index (κ1) is 43.9. The summed E-state index contributed by atoms with van der Waals surface area (Å²) in [6.07, 6.45) is 4.39. The van der Waals surface area contributed by atoms with Crippen LogP contribution in [0.15, 0.2) is 231 Å². The summed E-state index contributed by atoms with van der Waals surface area (Å²) in [4.78, 5) is 4.71. The highest BCUT2D eigenvalue weighted by molar-refractivity contribution is 5.91. The van der Waals surface area contributed by atoms with Gasteiger partial charge in [-0.05, 0) is 150 Å². The van der Waals surface area contributed by atoms with Gasteiger partial charge in [0.15, 0.2) is 0 Å². The van der Waals surface area contributed by atoms with Gasteiger partial charge in [-0.15, -0.1) is 0 Å². The maximum Gasteiger partial charge on any atom is 0.0468 e. The molecule has 68 heavy (non-hydrogen) atoms. The van der Waals surface area contributed by atoms with E-state index in [0.717, 1.165) is 45.3 Å². The molecule has 0 amide bonds. The van der Waals surface area contributed by atoms with E-state index in [1.54, 1.807) is 0 Å². The molecule has 332 valence electrons. The molecule has 0 saturated carbocycles. The fourth-order valence-corrected chi connectivity index (χ4v) is 9.12. The van der Waals surface area contributed by atoms with Gasteiger partial charge in [0.05, 0.1) is 0 Å². The molecule has 0 heterocycles. The Balaban J connectivity index is 0.837. The maximum atomic E-state index is 2.36. The van der Waals surface area contributed by atoms with Gasteiger partial charge in [-0.2, -0.15) is 0 Å². The van der Waals surface area contributed by atoms with Crippen molar-refractivity contribution in [2.75, 3.05) is 9.80 Å². The lowest BCUT2D eigenvalue weighted by Crippen LogP contribution is -2.13. The largest absolute Gasteiger partial charge is 0.310 e. The van der Waals surface area contributed by atoms with Crippen LogP contribution in [-0.4, -0.2) is 0 Å². The third kappa shape index (κ3) is 9.50. The standard InChI is InChI=1S/C66H58N2/c1-65(2,3)57-31-41-61(42-32-57)67(63-39-29-49-11-7-9-13-55(49)45-63)59-35-25-53(26-36-59)51-21-17-47(18-22-51)15-16-48-19-23-52(24-20-48)54-27-37-60(38-28-54)68(62-43-33-58(34-44-62)66(4,5)6)64-40-30-50-12-8-10-14-56(50)46-64/h7-46H,1-6H3/b16-15+. The van der Waals surface area contributed by atoms with E-state index >= 15 is 0 Å². The smallest absolute Gasteiger partial charge is 0.0468 e. The average Bonchev–Trinajstić information content (AvgIpc) is 3.36. The second-order valence-corrected chi connectivity index (χ2v) is 20.0. The minimum absolute atomic E-state index is 0.0886. The van der Waals surface area contributed by atoms with Crippen molar-refractivity contribution in [3.05, 3.63) is 253 Å². The molecule has 0 bridgehead atoms. The maximum absolute atomic E-state index is 2.36. The van der Waals surface area contributed by atoms with Gasteiger partial charge in [0.25, 0.3) is 0 Å². The van der Waals surface area contributed by atoms with Gasteiger partial charge in [0.1, 0.15) is 0 Å². The van der Waals surface area contributed by atoms with Crippen molar-refractivity contribution < 1.29 is 0 Å². The van der Waals surface area contributed by atoms with Crippen molar-refractivity contribution in [1.29, 1.82) is 0 Å². The minimum Gasteiger partial charge on any atom is -0.310 e. The number of fused-ring (bicyclic) bond motifs is 2. The molecule has 10 aromatic carbocycles. The zero-order valence-electron chi connectivity index (χ0n) is 40.0. The Labute approximate surface area is 403 Å². The summed E-state index contributed by atoms with van der Waals surface area (Å²) in [7, 11) is 0. The second kappa shape index (κ2) is 18.4. The molecule has 0 aromatic heterocycles. The van der Waals surface area contributed by atoms with E-state index in [-0.39, 0.29) is 10.8 Å². The molecule has 0 saturated heterocycles. The zero-order chi connectivity index (χ0) is 46.8. The van der Waals surface area contributed by atoms with Crippen LogP contribution in [0.5, 0.6) is 0 Å². The van der Waals surface area contributed by atoms with Crippen molar-refractivity contribution in [3.63, 3.8) is 0 Å². The summed E-state index contributed by atoms with van der Waals surface area (Å²) in [6.45, 7) is 13.6. The molecule has 0 radical (unpaired) electrons. The van der Waals surface area contributed by atoms with Gasteiger partial charge in [0, 0.05) is 34.1 Å². The first-order valence-corrected chi connectivity index (χ1v) is 23.8. The highest BCUT2D eigenvalue weighted by Gasteiger charge is 2.19. The average molecular weight is 879 g/mol. The molecule has 0 aliphatic rings. The van der Waals surface area contributed by atoms with E-state index in [2.05, 4.69) is 294 Å². The summed E-state index contributed by atoms with van der Waals surface area (Å²) < 4.78 is 0. The molecule has 2 heteroatoms. The molecule has 0 aliphatic carbocycles. The first-order valence-electron chi connectivity index (χ1n) is 23.8. The first-order chi connectivity index (χ1) is 32.9. The summed E-state index contributed by atoms with van der Waals surface area (Å²) in [5, 5.41) is 4.93. The summed E-state index contributed by atoms with van der Waals surface area (Å²) in [5.41, 5.74) is 16.7. The SMILES string of the molecule is CC(C)(C)c1ccc(N(c2ccc(-c3ccc(/C=C/c4ccc(-c5ccc(N(c6ccc(C(C)(C)C)cc6)c6ccc7ccccc7c6)cc5)cc4)cc3)cc2)c2ccc3ccccc3c2)cc1. The molecule has 0 atom stereocenters. The normalized spacial score (nSPS) is 11.9. The Kier molecular flexibility index (Phi) is 11.9. The van der Waals surface area contributed by atoms with E-state index < -0.39 is 0 Å². The highest BCUT2D eigenvalue weighted by atomic mass is 15.1. The van der Waals surface area contributed by atoms with Crippen LogP contribution in [0, 0.1) is 0 Å². The minimum atomic E-state index is 0.0886. The second-order valence-electron chi connectivity index (χ2n) is 20.0.